The van der Waals surface area contributed by atoms with Gasteiger partial charge in [-0.2, -0.15) is 4.72 Å². The van der Waals surface area contributed by atoms with Gasteiger partial charge < -0.3 is 15.2 Å². The molecule has 220 valence electrons. The number of imidazole rings is 1. The fraction of sp³-hybridized carbons (Fsp3) is 0.429. The number of carbonyl (C=O) groups is 1. The van der Waals surface area contributed by atoms with Crippen molar-refractivity contribution in [2.75, 3.05) is 38.2 Å². The molecule has 2 aliphatic rings. The Bertz CT molecular complexity index is 1660. The van der Waals surface area contributed by atoms with Crippen molar-refractivity contribution < 1.29 is 13.2 Å². The van der Waals surface area contributed by atoms with Crippen molar-refractivity contribution in [3.8, 4) is 11.5 Å². The number of piperidine rings is 2. The topological polar surface area (TPSA) is 165 Å². The summed E-state index contributed by atoms with van der Waals surface area (Å²) in [6, 6.07) is 9.61. The molecule has 3 N–H and O–H groups in total. The van der Waals surface area contributed by atoms with Crippen molar-refractivity contribution in [2.45, 2.75) is 43.8 Å². The van der Waals surface area contributed by atoms with Crippen LogP contribution in [-0.2, 0) is 21.4 Å². The summed E-state index contributed by atoms with van der Waals surface area (Å²) in [6.45, 7) is 2.69. The normalized spacial score (nSPS) is 18.4. The minimum Gasteiger partial charge on any atom is -0.368 e. The summed E-state index contributed by atoms with van der Waals surface area (Å²) in [4.78, 5) is 40.1. The Kier molecular flexibility index (Phi) is 7.60. The molecule has 6 rings (SSSR count). The van der Waals surface area contributed by atoms with Crippen molar-refractivity contribution in [1.29, 1.82) is 0 Å². The summed E-state index contributed by atoms with van der Waals surface area (Å²) in [5.41, 5.74) is 7.68. The zero-order valence-corrected chi connectivity index (χ0v) is 24.2. The summed E-state index contributed by atoms with van der Waals surface area (Å²) in [5, 5.41) is 0. The number of fused-ring (bicyclic) bond motifs is 1. The molecule has 0 bridgehead atoms. The fourth-order valence-electron chi connectivity index (χ4n) is 6.09. The van der Waals surface area contributed by atoms with Crippen molar-refractivity contribution in [2.24, 2.45) is 0 Å². The van der Waals surface area contributed by atoms with E-state index in [0.717, 1.165) is 34.5 Å². The van der Waals surface area contributed by atoms with Crippen LogP contribution in [0.1, 0.15) is 37.3 Å². The zero-order chi connectivity index (χ0) is 29.3. The average molecular weight is 591 g/mol. The number of aromatic nitrogens is 6. The van der Waals surface area contributed by atoms with Crippen molar-refractivity contribution in [3.05, 3.63) is 60.7 Å². The van der Waals surface area contributed by atoms with E-state index in [1.165, 1.54) is 0 Å². The number of anilines is 1. The minimum absolute atomic E-state index is 0.0637. The molecule has 0 unspecified atom stereocenters. The summed E-state index contributed by atoms with van der Waals surface area (Å²) in [5.74, 6) is 0.803. The molecule has 0 atom stereocenters. The van der Waals surface area contributed by atoms with Crippen LogP contribution in [0.3, 0.4) is 0 Å². The first-order valence-corrected chi connectivity index (χ1v) is 15.9. The fourth-order valence-corrected chi connectivity index (χ4v) is 7.09. The second-order valence-corrected chi connectivity index (χ2v) is 12.8. The second kappa shape index (κ2) is 11.3. The van der Waals surface area contributed by atoms with E-state index in [1.54, 1.807) is 24.8 Å². The Morgan fingerprint density at radius 1 is 1.00 bits per heavy atom. The van der Waals surface area contributed by atoms with Gasteiger partial charge in [0.15, 0.2) is 11.5 Å². The number of likely N-dealkylation sites (tertiary alicyclic amines) is 2. The highest BCUT2D eigenvalue weighted by molar-refractivity contribution is 7.88. The number of nitrogens with two attached hydrogens (primary N) is 1. The number of nitrogens with one attached hydrogen (secondary N) is 1. The van der Waals surface area contributed by atoms with Gasteiger partial charge in [0.05, 0.1) is 6.26 Å². The molecule has 1 amide bonds. The van der Waals surface area contributed by atoms with Crippen LogP contribution in [-0.4, -0.2) is 91.6 Å². The number of carbonyl (C=O) groups excluding carboxylic acids is 1. The average Bonchev–Trinajstić information content (AvgIpc) is 3.38. The van der Waals surface area contributed by atoms with Crippen molar-refractivity contribution >= 4 is 33.0 Å². The molecular weight excluding hydrogens is 556 g/mol. The number of hydrogen-bond donors (Lipinski definition) is 2. The number of sulfonamides is 1. The van der Waals surface area contributed by atoms with E-state index in [-0.39, 0.29) is 17.9 Å². The van der Waals surface area contributed by atoms with Crippen LogP contribution in [0.15, 0.2) is 55.1 Å². The lowest BCUT2D eigenvalue weighted by molar-refractivity contribution is -0.141. The highest BCUT2D eigenvalue weighted by Gasteiger charge is 2.46. The van der Waals surface area contributed by atoms with Crippen molar-refractivity contribution in [1.82, 2.24) is 44.0 Å². The van der Waals surface area contributed by atoms with Crippen LogP contribution in [0.5, 0.6) is 0 Å². The molecule has 42 heavy (non-hydrogen) atoms. The maximum absolute atomic E-state index is 14.1. The van der Waals surface area contributed by atoms with Gasteiger partial charge in [-0.3, -0.25) is 14.7 Å². The van der Waals surface area contributed by atoms with Gasteiger partial charge in [-0.1, -0.05) is 6.07 Å². The first-order chi connectivity index (χ1) is 20.2. The number of amides is 1. The number of nitrogens with zero attached hydrogens (tertiary/aromatic N) is 8. The Hall–Kier alpha value is -4.01. The van der Waals surface area contributed by atoms with E-state index in [1.807, 2.05) is 35.2 Å². The summed E-state index contributed by atoms with van der Waals surface area (Å²) >= 11 is 0. The molecule has 0 radical (unpaired) electrons. The third-order valence-electron chi connectivity index (χ3n) is 8.09. The molecule has 4 aromatic rings. The van der Waals surface area contributed by atoms with E-state index in [2.05, 4.69) is 34.1 Å². The summed E-state index contributed by atoms with van der Waals surface area (Å²) in [6.07, 6.45) is 10.1. The summed E-state index contributed by atoms with van der Waals surface area (Å²) < 4.78 is 29.8. The van der Waals surface area contributed by atoms with Crippen LogP contribution in [0.4, 0.5) is 5.95 Å². The van der Waals surface area contributed by atoms with Gasteiger partial charge in [0.2, 0.25) is 21.9 Å². The quantitative estimate of drug-likeness (QED) is 0.323. The largest absolute Gasteiger partial charge is 0.368 e. The van der Waals surface area contributed by atoms with Crippen LogP contribution in [0, 0.1) is 0 Å². The highest BCUT2D eigenvalue weighted by atomic mass is 32.2. The first-order valence-electron chi connectivity index (χ1n) is 14.0. The lowest BCUT2D eigenvalue weighted by atomic mass is 9.86. The van der Waals surface area contributed by atoms with Crippen molar-refractivity contribution in [3.63, 3.8) is 0 Å². The Morgan fingerprint density at radius 3 is 2.38 bits per heavy atom. The molecular formula is C28H34N10O3S. The molecule has 4 aromatic heterocycles. The van der Waals surface area contributed by atoms with Gasteiger partial charge in [0.25, 0.3) is 0 Å². The summed E-state index contributed by atoms with van der Waals surface area (Å²) in [7, 11) is -3.63. The highest BCUT2D eigenvalue weighted by Crippen LogP contribution is 2.34. The van der Waals surface area contributed by atoms with E-state index in [0.29, 0.717) is 58.4 Å². The molecule has 0 saturated carbocycles. The standard InChI is InChI=1S/C28H34N10O3S/c1-42(40,41)35-28(9-15-36(16-10-28)19-20-17-32-27(29)33-18-20)26(39)37-13-7-21(8-14-37)38-24-23(6-4-12-31-24)34-25(38)22-5-2-3-11-30-22/h2-6,11-12,17-18,21,35H,7-10,13-16,19H2,1H3,(H2,29,32,33). The van der Waals surface area contributed by atoms with E-state index in [4.69, 9.17) is 10.7 Å². The molecule has 14 heteroatoms. The third kappa shape index (κ3) is 5.82. The van der Waals surface area contributed by atoms with Gasteiger partial charge in [0.1, 0.15) is 16.7 Å². The molecule has 6 heterocycles. The number of nitrogen functional groups attached to an aromatic ring is 1. The van der Waals surface area contributed by atoms with Crippen LogP contribution in [0.25, 0.3) is 22.7 Å². The van der Waals surface area contributed by atoms with Gasteiger partial charge in [-0.15, -0.1) is 0 Å². The van der Waals surface area contributed by atoms with Gasteiger partial charge in [-0.05, 0) is 49.9 Å². The maximum Gasteiger partial charge on any atom is 0.243 e. The SMILES string of the molecule is CS(=O)(=O)NC1(C(=O)N2CCC(n3c(-c4ccccn4)nc4cccnc43)CC2)CCN(Cc2cnc(N)nc2)CC1. The Morgan fingerprint density at radius 2 is 1.71 bits per heavy atom. The number of hydrogen-bond acceptors (Lipinski definition) is 10. The van der Waals surface area contributed by atoms with Gasteiger partial charge >= 0.3 is 0 Å². The minimum atomic E-state index is -3.63. The number of pyridine rings is 2. The zero-order valence-electron chi connectivity index (χ0n) is 23.4. The molecule has 13 nitrogen and oxygen atoms in total. The first kappa shape index (κ1) is 28.1. The Labute approximate surface area is 244 Å². The molecule has 0 aliphatic carbocycles. The van der Waals surface area contributed by atoms with Crippen LogP contribution in [0.2, 0.25) is 0 Å². The van der Waals surface area contributed by atoms with Gasteiger partial charge in [-0.25, -0.2) is 28.4 Å². The van der Waals surface area contributed by atoms with Gasteiger partial charge in [0, 0.05) is 69.1 Å². The predicted octanol–water partition coefficient (Wildman–Crippen LogP) is 1.61. The second-order valence-electron chi connectivity index (χ2n) is 11.1. The molecule has 0 spiro atoms. The third-order valence-corrected chi connectivity index (χ3v) is 8.85. The van der Waals surface area contributed by atoms with E-state index >= 15 is 0 Å². The molecule has 2 aliphatic heterocycles. The monoisotopic (exact) mass is 590 g/mol. The molecule has 0 aromatic carbocycles. The lowest BCUT2D eigenvalue weighted by Gasteiger charge is -2.44. The van der Waals surface area contributed by atoms with E-state index < -0.39 is 15.6 Å². The smallest absolute Gasteiger partial charge is 0.243 e. The predicted molar refractivity (Wildman–Crippen MR) is 157 cm³/mol. The molecule has 2 saturated heterocycles. The maximum atomic E-state index is 14.1. The lowest BCUT2D eigenvalue weighted by Crippen LogP contribution is -2.64. The van der Waals surface area contributed by atoms with E-state index in [9.17, 15) is 13.2 Å². The molecule has 2 fully saturated rings. The Balaban J connectivity index is 1.18. The van der Waals surface area contributed by atoms with Crippen LogP contribution >= 0.6 is 0 Å². The van der Waals surface area contributed by atoms with Crippen LogP contribution < -0.4 is 10.5 Å². The number of rotatable bonds is 7.